The van der Waals surface area contributed by atoms with Crippen molar-refractivity contribution in [3.8, 4) is 5.75 Å². The van der Waals surface area contributed by atoms with Crippen LogP contribution < -0.4 is 5.73 Å². The summed E-state index contributed by atoms with van der Waals surface area (Å²) in [4.78, 5) is 11.2. The van der Waals surface area contributed by atoms with Gasteiger partial charge in [-0.25, -0.2) is 0 Å². The molecule has 15 heavy (non-hydrogen) atoms. The van der Waals surface area contributed by atoms with Crippen molar-refractivity contribution < 1.29 is 14.6 Å². The molecule has 0 aliphatic carbocycles. The maximum absolute atomic E-state index is 11.2. The molecule has 0 aromatic heterocycles. The third-order valence-corrected chi connectivity index (χ3v) is 1.98. The molecular formula is C11H15NO3. The number of rotatable bonds is 4. The number of ether oxygens (including phenoxy) is 1. The number of carbonyl (C=O) groups excluding carboxylic acids is 1. The molecule has 3 N–H and O–H groups in total. The van der Waals surface area contributed by atoms with Gasteiger partial charge in [-0.15, -0.1) is 0 Å². The number of hydrogen-bond donors (Lipinski definition) is 2. The lowest BCUT2D eigenvalue weighted by atomic mass is 10.1. The van der Waals surface area contributed by atoms with Gasteiger partial charge in [0.15, 0.2) is 0 Å². The summed E-state index contributed by atoms with van der Waals surface area (Å²) in [6.45, 7) is 2.08. The number of phenols is 1. The summed E-state index contributed by atoms with van der Waals surface area (Å²) in [5.74, 6) is -0.200. The number of aromatic hydroxyl groups is 1. The van der Waals surface area contributed by atoms with Crippen LogP contribution in [0.5, 0.6) is 5.75 Å². The van der Waals surface area contributed by atoms with Crippen LogP contribution >= 0.6 is 0 Å². The highest BCUT2D eigenvalue weighted by Crippen LogP contribution is 2.11. The summed E-state index contributed by atoms with van der Waals surface area (Å²) in [6, 6.07) is 5.94. The van der Waals surface area contributed by atoms with E-state index in [-0.39, 0.29) is 5.75 Å². The minimum absolute atomic E-state index is 0.198. The van der Waals surface area contributed by atoms with Crippen LogP contribution in [-0.4, -0.2) is 23.7 Å². The molecule has 0 heterocycles. The van der Waals surface area contributed by atoms with E-state index in [1.54, 1.807) is 31.2 Å². The first kappa shape index (κ1) is 11.5. The van der Waals surface area contributed by atoms with Gasteiger partial charge in [-0.05, 0) is 31.0 Å². The Morgan fingerprint density at radius 2 is 2.07 bits per heavy atom. The summed E-state index contributed by atoms with van der Waals surface area (Å²) in [7, 11) is 0. The fourth-order valence-electron chi connectivity index (χ4n) is 1.22. The number of phenolic OH excluding ortho intramolecular Hbond substituents is 1. The molecule has 0 bridgehead atoms. The number of benzene rings is 1. The van der Waals surface area contributed by atoms with E-state index >= 15 is 0 Å². The molecule has 0 amide bonds. The van der Waals surface area contributed by atoms with E-state index < -0.39 is 12.0 Å². The topological polar surface area (TPSA) is 72.5 Å². The van der Waals surface area contributed by atoms with Crippen molar-refractivity contribution in [2.24, 2.45) is 5.73 Å². The van der Waals surface area contributed by atoms with E-state index in [1.807, 2.05) is 0 Å². The molecule has 0 saturated carbocycles. The molecule has 4 nitrogen and oxygen atoms in total. The highest BCUT2D eigenvalue weighted by atomic mass is 16.5. The predicted octanol–water partition coefficient (Wildman–Crippen LogP) is 0.825. The van der Waals surface area contributed by atoms with Crippen LogP contribution in [0, 0.1) is 0 Å². The molecule has 0 fully saturated rings. The smallest absolute Gasteiger partial charge is 0.323 e. The van der Waals surface area contributed by atoms with Gasteiger partial charge in [-0.2, -0.15) is 0 Å². The van der Waals surface area contributed by atoms with Gasteiger partial charge in [0.1, 0.15) is 11.8 Å². The summed E-state index contributed by atoms with van der Waals surface area (Å²) in [5, 5.41) is 9.06. The van der Waals surface area contributed by atoms with Crippen LogP contribution in [0.15, 0.2) is 24.3 Å². The first-order chi connectivity index (χ1) is 7.13. The molecule has 0 unspecified atom stereocenters. The lowest BCUT2D eigenvalue weighted by molar-refractivity contribution is -0.144. The maximum Gasteiger partial charge on any atom is 0.323 e. The number of hydrogen-bond acceptors (Lipinski definition) is 4. The van der Waals surface area contributed by atoms with Gasteiger partial charge in [-0.3, -0.25) is 4.79 Å². The van der Waals surface area contributed by atoms with E-state index in [4.69, 9.17) is 15.6 Å². The van der Waals surface area contributed by atoms with Crippen LogP contribution in [0.3, 0.4) is 0 Å². The first-order valence-corrected chi connectivity index (χ1v) is 4.83. The van der Waals surface area contributed by atoms with E-state index in [0.29, 0.717) is 13.0 Å². The zero-order chi connectivity index (χ0) is 11.3. The Hall–Kier alpha value is -1.55. The summed E-state index contributed by atoms with van der Waals surface area (Å²) < 4.78 is 4.79. The molecular weight excluding hydrogens is 194 g/mol. The SMILES string of the molecule is CCOC(=O)[C@@H](N)Cc1ccc(O)cc1. The molecule has 1 aromatic carbocycles. The van der Waals surface area contributed by atoms with Gasteiger partial charge >= 0.3 is 5.97 Å². The van der Waals surface area contributed by atoms with Crippen LogP contribution in [-0.2, 0) is 16.0 Å². The van der Waals surface area contributed by atoms with Crippen molar-refractivity contribution >= 4 is 5.97 Å². The Balaban J connectivity index is 2.54. The monoisotopic (exact) mass is 209 g/mol. The second-order valence-electron chi connectivity index (χ2n) is 3.23. The molecule has 0 aliphatic rings. The summed E-state index contributed by atoms with van der Waals surface area (Å²) >= 11 is 0. The van der Waals surface area contributed by atoms with Crippen LogP contribution in [0.4, 0.5) is 0 Å². The van der Waals surface area contributed by atoms with E-state index in [0.717, 1.165) is 5.56 Å². The fourth-order valence-corrected chi connectivity index (χ4v) is 1.22. The third kappa shape index (κ3) is 3.59. The first-order valence-electron chi connectivity index (χ1n) is 4.83. The Morgan fingerprint density at radius 3 is 2.60 bits per heavy atom. The molecule has 1 atom stereocenters. The molecule has 4 heteroatoms. The normalized spacial score (nSPS) is 12.1. The molecule has 1 rings (SSSR count). The second-order valence-corrected chi connectivity index (χ2v) is 3.23. The zero-order valence-electron chi connectivity index (χ0n) is 8.64. The molecule has 0 radical (unpaired) electrons. The predicted molar refractivity (Wildman–Crippen MR) is 56.4 cm³/mol. The van der Waals surface area contributed by atoms with Crippen molar-refractivity contribution in [3.05, 3.63) is 29.8 Å². The largest absolute Gasteiger partial charge is 0.508 e. The average Bonchev–Trinajstić information content (AvgIpc) is 2.22. The quantitative estimate of drug-likeness (QED) is 0.720. The molecule has 1 aromatic rings. The minimum atomic E-state index is -0.644. The van der Waals surface area contributed by atoms with Crippen molar-refractivity contribution in [1.29, 1.82) is 0 Å². The molecule has 0 saturated heterocycles. The zero-order valence-corrected chi connectivity index (χ0v) is 8.64. The summed E-state index contributed by atoms with van der Waals surface area (Å²) in [6.07, 6.45) is 0.416. The third-order valence-electron chi connectivity index (χ3n) is 1.98. The number of nitrogens with two attached hydrogens (primary N) is 1. The van der Waals surface area contributed by atoms with Crippen molar-refractivity contribution in [3.63, 3.8) is 0 Å². The minimum Gasteiger partial charge on any atom is -0.508 e. The van der Waals surface area contributed by atoms with Crippen molar-refractivity contribution in [2.45, 2.75) is 19.4 Å². The molecule has 0 spiro atoms. The standard InChI is InChI=1S/C11H15NO3/c1-2-15-11(14)10(12)7-8-3-5-9(13)6-4-8/h3-6,10,13H,2,7,12H2,1H3/t10-/m0/s1. The van der Waals surface area contributed by atoms with Gasteiger partial charge < -0.3 is 15.6 Å². The van der Waals surface area contributed by atoms with Gasteiger partial charge in [-0.1, -0.05) is 12.1 Å². The highest BCUT2D eigenvalue weighted by Gasteiger charge is 2.14. The van der Waals surface area contributed by atoms with E-state index in [9.17, 15) is 4.79 Å². The van der Waals surface area contributed by atoms with E-state index in [2.05, 4.69) is 0 Å². The number of esters is 1. The molecule has 0 aliphatic heterocycles. The van der Waals surface area contributed by atoms with Gasteiger partial charge in [0.25, 0.3) is 0 Å². The van der Waals surface area contributed by atoms with E-state index in [1.165, 1.54) is 0 Å². The van der Waals surface area contributed by atoms with Gasteiger partial charge in [0, 0.05) is 0 Å². The van der Waals surface area contributed by atoms with Gasteiger partial charge in [0.05, 0.1) is 6.61 Å². The van der Waals surface area contributed by atoms with Crippen LogP contribution in [0.1, 0.15) is 12.5 Å². The molecule has 82 valence electrons. The lowest BCUT2D eigenvalue weighted by Gasteiger charge is -2.10. The average molecular weight is 209 g/mol. The summed E-state index contributed by atoms with van der Waals surface area (Å²) in [5.41, 5.74) is 6.53. The highest BCUT2D eigenvalue weighted by molar-refractivity contribution is 5.75. The van der Waals surface area contributed by atoms with Crippen molar-refractivity contribution in [1.82, 2.24) is 0 Å². The van der Waals surface area contributed by atoms with Crippen LogP contribution in [0.2, 0.25) is 0 Å². The Bertz CT molecular complexity index is 321. The Labute approximate surface area is 88.7 Å². The van der Waals surface area contributed by atoms with Crippen LogP contribution in [0.25, 0.3) is 0 Å². The Kier molecular flexibility index (Phi) is 4.12. The fraction of sp³-hybridized carbons (Fsp3) is 0.364. The number of carbonyl (C=O) groups is 1. The Morgan fingerprint density at radius 1 is 1.47 bits per heavy atom. The lowest BCUT2D eigenvalue weighted by Crippen LogP contribution is -2.34. The second kappa shape index (κ2) is 5.36. The van der Waals surface area contributed by atoms with Crippen molar-refractivity contribution in [2.75, 3.05) is 6.61 Å². The van der Waals surface area contributed by atoms with Gasteiger partial charge in [0.2, 0.25) is 0 Å². The maximum atomic E-state index is 11.2.